The van der Waals surface area contributed by atoms with Gasteiger partial charge in [-0.3, -0.25) is 9.69 Å². The monoisotopic (exact) mass is 461 g/mol. The van der Waals surface area contributed by atoms with Crippen molar-refractivity contribution >= 4 is 29.2 Å². The molecule has 2 heterocycles. The largest absolute Gasteiger partial charge is 0.495 e. The van der Waals surface area contributed by atoms with E-state index in [1.54, 1.807) is 7.11 Å². The Morgan fingerprint density at radius 2 is 1.76 bits per heavy atom. The third-order valence-electron chi connectivity index (χ3n) is 6.03. The molecular formula is C25H31N7O2. The van der Waals surface area contributed by atoms with Crippen molar-refractivity contribution < 1.29 is 9.53 Å². The number of hydrogen-bond donors (Lipinski definition) is 3. The van der Waals surface area contributed by atoms with Crippen LogP contribution in [0.5, 0.6) is 5.75 Å². The molecule has 0 spiro atoms. The normalized spacial score (nSPS) is 14.5. The van der Waals surface area contributed by atoms with Gasteiger partial charge < -0.3 is 21.1 Å². The van der Waals surface area contributed by atoms with E-state index >= 15 is 0 Å². The molecule has 0 aliphatic carbocycles. The van der Waals surface area contributed by atoms with E-state index in [1.807, 2.05) is 42.5 Å². The van der Waals surface area contributed by atoms with E-state index in [4.69, 9.17) is 10.5 Å². The molecular weight excluding hydrogens is 430 g/mol. The molecule has 9 nitrogen and oxygen atoms in total. The molecule has 4 rings (SSSR count). The zero-order valence-electron chi connectivity index (χ0n) is 19.6. The highest BCUT2D eigenvalue weighted by Crippen LogP contribution is 2.26. The van der Waals surface area contributed by atoms with E-state index in [0.29, 0.717) is 29.8 Å². The number of nitrogens with two attached hydrogens (primary N) is 1. The summed E-state index contributed by atoms with van der Waals surface area (Å²) in [5.74, 6) is 1.87. The van der Waals surface area contributed by atoms with Gasteiger partial charge in [-0.05, 0) is 56.1 Å². The zero-order valence-corrected chi connectivity index (χ0v) is 19.6. The summed E-state index contributed by atoms with van der Waals surface area (Å²) >= 11 is 0. The number of nitrogens with one attached hydrogen (secondary N) is 2. The Balaban J connectivity index is 1.34. The van der Waals surface area contributed by atoms with E-state index in [9.17, 15) is 4.79 Å². The highest BCUT2D eigenvalue weighted by Gasteiger charge is 2.26. The van der Waals surface area contributed by atoms with Gasteiger partial charge in [0, 0.05) is 11.6 Å². The number of nitrogens with zero attached hydrogens (tertiary/aromatic N) is 4. The van der Waals surface area contributed by atoms with E-state index in [-0.39, 0.29) is 17.8 Å². The lowest BCUT2D eigenvalue weighted by molar-refractivity contribution is -0.121. The summed E-state index contributed by atoms with van der Waals surface area (Å²) < 4.78 is 5.33. The fraction of sp³-hybridized carbons (Fsp3) is 0.360. The van der Waals surface area contributed by atoms with Crippen molar-refractivity contribution in [1.29, 1.82) is 0 Å². The van der Waals surface area contributed by atoms with Gasteiger partial charge in [-0.2, -0.15) is 15.0 Å². The molecule has 1 amide bonds. The molecule has 0 unspecified atom stereocenters. The Morgan fingerprint density at radius 3 is 2.50 bits per heavy atom. The standard InChI is InChI=1S/C25H31N7O2/c1-3-17-8-4-5-9-19(17)28-25-30-22(29-24(26)31-25)16-32-14-12-18(13-15-32)23(33)27-20-10-6-7-11-21(20)34-2/h4-11,18H,3,12-16H2,1-2H3,(H,27,33)(H3,26,28,29,30,31). The first-order valence-electron chi connectivity index (χ1n) is 11.6. The van der Waals surface area contributed by atoms with Crippen molar-refractivity contribution in [2.75, 3.05) is 36.6 Å². The van der Waals surface area contributed by atoms with Crippen LogP contribution in [0.2, 0.25) is 0 Å². The molecule has 1 aliphatic heterocycles. The first kappa shape index (κ1) is 23.4. The van der Waals surface area contributed by atoms with E-state index in [2.05, 4.69) is 43.5 Å². The molecule has 178 valence electrons. The van der Waals surface area contributed by atoms with Gasteiger partial charge in [-0.25, -0.2) is 0 Å². The third kappa shape index (κ3) is 5.79. The highest BCUT2D eigenvalue weighted by atomic mass is 16.5. The van der Waals surface area contributed by atoms with Crippen LogP contribution in [0.3, 0.4) is 0 Å². The number of amides is 1. The third-order valence-corrected chi connectivity index (χ3v) is 6.03. The van der Waals surface area contributed by atoms with Crippen LogP contribution >= 0.6 is 0 Å². The number of piperidine rings is 1. The molecule has 9 heteroatoms. The summed E-state index contributed by atoms with van der Waals surface area (Å²) in [6, 6.07) is 15.5. The molecule has 1 saturated heterocycles. The number of benzene rings is 2. The van der Waals surface area contributed by atoms with E-state index in [1.165, 1.54) is 5.56 Å². The predicted molar refractivity (Wildman–Crippen MR) is 133 cm³/mol. The van der Waals surface area contributed by atoms with Crippen LogP contribution in [0.25, 0.3) is 0 Å². The second kappa shape index (κ2) is 10.9. The van der Waals surface area contributed by atoms with Crippen LogP contribution < -0.4 is 21.1 Å². The molecule has 34 heavy (non-hydrogen) atoms. The number of para-hydroxylation sites is 3. The number of nitrogen functional groups attached to an aromatic ring is 1. The summed E-state index contributed by atoms with van der Waals surface area (Å²) in [5.41, 5.74) is 8.80. The van der Waals surface area contributed by atoms with Gasteiger partial charge in [0.15, 0.2) is 0 Å². The quantitative estimate of drug-likeness (QED) is 0.465. The lowest BCUT2D eigenvalue weighted by atomic mass is 9.95. The maximum absolute atomic E-state index is 12.8. The minimum atomic E-state index is -0.0487. The topological polar surface area (TPSA) is 118 Å². The number of carbonyl (C=O) groups excluding carboxylic acids is 1. The molecule has 4 N–H and O–H groups in total. The maximum atomic E-state index is 12.8. The predicted octanol–water partition coefficient (Wildman–Crippen LogP) is 3.62. The Labute approximate surface area is 199 Å². The molecule has 1 aliphatic rings. The minimum absolute atomic E-state index is 0.0228. The van der Waals surface area contributed by atoms with Crippen molar-refractivity contribution in [3.05, 3.63) is 59.9 Å². The SMILES string of the molecule is CCc1ccccc1Nc1nc(N)nc(CN2CCC(C(=O)Nc3ccccc3OC)CC2)n1. The average molecular weight is 462 g/mol. The van der Waals surface area contributed by atoms with Crippen molar-refractivity contribution in [1.82, 2.24) is 19.9 Å². The average Bonchev–Trinajstić information content (AvgIpc) is 2.85. The van der Waals surface area contributed by atoms with Crippen molar-refractivity contribution in [3.8, 4) is 5.75 Å². The second-order valence-electron chi connectivity index (χ2n) is 8.31. The maximum Gasteiger partial charge on any atom is 0.232 e. The number of methoxy groups -OCH3 is 1. The van der Waals surface area contributed by atoms with Crippen molar-refractivity contribution in [3.63, 3.8) is 0 Å². The van der Waals surface area contributed by atoms with Gasteiger partial charge in [0.2, 0.25) is 17.8 Å². The highest BCUT2D eigenvalue weighted by molar-refractivity contribution is 5.94. The fourth-order valence-corrected chi connectivity index (χ4v) is 4.17. The van der Waals surface area contributed by atoms with Gasteiger partial charge in [0.05, 0.1) is 19.3 Å². The number of aryl methyl sites for hydroxylation is 1. The number of anilines is 4. The summed E-state index contributed by atoms with van der Waals surface area (Å²) in [6.07, 6.45) is 2.42. The number of carbonyl (C=O) groups is 1. The number of hydrogen-bond acceptors (Lipinski definition) is 8. The summed E-state index contributed by atoms with van der Waals surface area (Å²) in [7, 11) is 1.60. The lowest BCUT2D eigenvalue weighted by Gasteiger charge is -2.30. The van der Waals surface area contributed by atoms with Crippen LogP contribution in [-0.4, -0.2) is 46.0 Å². The Hall–Kier alpha value is -3.72. The zero-order chi connectivity index (χ0) is 23.9. The van der Waals surface area contributed by atoms with Crippen LogP contribution in [-0.2, 0) is 17.8 Å². The van der Waals surface area contributed by atoms with Gasteiger partial charge in [0.1, 0.15) is 11.6 Å². The smallest absolute Gasteiger partial charge is 0.232 e. The van der Waals surface area contributed by atoms with Crippen LogP contribution in [0.15, 0.2) is 48.5 Å². The number of aromatic nitrogens is 3. The van der Waals surface area contributed by atoms with Crippen molar-refractivity contribution in [2.45, 2.75) is 32.7 Å². The Kier molecular flexibility index (Phi) is 7.54. The molecule has 0 bridgehead atoms. The van der Waals surface area contributed by atoms with Gasteiger partial charge in [-0.1, -0.05) is 37.3 Å². The first-order chi connectivity index (χ1) is 16.6. The Morgan fingerprint density at radius 1 is 1.06 bits per heavy atom. The summed E-state index contributed by atoms with van der Waals surface area (Å²) in [4.78, 5) is 28.2. The molecule has 3 aromatic rings. The molecule has 1 fully saturated rings. The van der Waals surface area contributed by atoms with Gasteiger partial charge in [0.25, 0.3) is 0 Å². The summed E-state index contributed by atoms with van der Waals surface area (Å²) in [5, 5.41) is 6.28. The molecule has 0 atom stereocenters. The first-order valence-corrected chi connectivity index (χ1v) is 11.6. The minimum Gasteiger partial charge on any atom is -0.495 e. The molecule has 0 saturated carbocycles. The number of rotatable bonds is 8. The molecule has 0 radical (unpaired) electrons. The van der Waals surface area contributed by atoms with Crippen LogP contribution in [0.4, 0.5) is 23.3 Å². The molecule has 2 aromatic carbocycles. The summed E-state index contributed by atoms with van der Waals surface area (Å²) in [6.45, 7) is 4.21. The van der Waals surface area contributed by atoms with Crippen molar-refractivity contribution in [2.24, 2.45) is 5.92 Å². The van der Waals surface area contributed by atoms with Crippen LogP contribution in [0, 0.1) is 5.92 Å². The van der Waals surface area contributed by atoms with E-state index < -0.39 is 0 Å². The van der Waals surface area contributed by atoms with E-state index in [0.717, 1.165) is 38.0 Å². The second-order valence-corrected chi connectivity index (χ2v) is 8.31. The van der Waals surface area contributed by atoms with Gasteiger partial charge in [-0.15, -0.1) is 0 Å². The number of ether oxygens (including phenoxy) is 1. The molecule has 1 aromatic heterocycles. The fourth-order valence-electron chi connectivity index (χ4n) is 4.17. The number of likely N-dealkylation sites (tertiary alicyclic amines) is 1. The van der Waals surface area contributed by atoms with Gasteiger partial charge >= 0.3 is 0 Å². The Bertz CT molecular complexity index is 1130. The van der Waals surface area contributed by atoms with Crippen LogP contribution in [0.1, 0.15) is 31.2 Å². The lowest BCUT2D eigenvalue weighted by Crippen LogP contribution is -2.38.